The average molecular weight is 1150 g/mol. The van der Waals surface area contributed by atoms with Gasteiger partial charge >= 0.3 is 18.2 Å². The molecule has 0 aromatic rings. The number of imide groups is 1. The lowest BCUT2D eigenvalue weighted by atomic mass is 10.1. The normalized spacial score (nSPS) is 20.9. The lowest BCUT2D eigenvalue weighted by Crippen LogP contribution is -2.42. The van der Waals surface area contributed by atoms with Crippen molar-refractivity contribution in [1.82, 2.24) is 31.6 Å². The van der Waals surface area contributed by atoms with Crippen molar-refractivity contribution >= 4 is 47.7 Å². The van der Waals surface area contributed by atoms with Gasteiger partial charge < -0.3 is 78.8 Å². The van der Waals surface area contributed by atoms with Crippen LogP contribution < -0.4 is 26.6 Å². The molecule has 1 heterocycles. The molecule has 0 bridgehead atoms. The minimum absolute atomic E-state index is 0.0219. The number of amides is 7. The van der Waals surface area contributed by atoms with Crippen LogP contribution in [0.25, 0.3) is 0 Å². The van der Waals surface area contributed by atoms with E-state index < -0.39 is 41.9 Å². The van der Waals surface area contributed by atoms with Gasteiger partial charge in [-0.1, -0.05) is 0 Å². The standard InChI is InChI=1S/C56H86N6O19/c63-49(57-20-26-71-30-34-75-36-32-73-28-22-59-55(69)79-40-47-43-10-5-1-2-6-11-44(43)47)18-24-77-38-42(61-51(65)14-9-15-54(68)81-62-52(66)16-17-53(62)67)39-78-25-19-50(64)58-21-27-72-31-35-76-37-33-74-29-23-60-56(70)80-41-48-45-12-7-3-4-8-13-46(45)48/h42-48H,5-41H2,(H,57,63)(H,58,64)(H,59,69)(H,60,70)(H,61,65)/t42?,43-,44+,45-,46+,47?,48?. The van der Waals surface area contributed by atoms with E-state index in [-0.39, 0.29) is 109 Å². The van der Waals surface area contributed by atoms with Crippen LogP contribution in [-0.4, -0.2) is 204 Å². The van der Waals surface area contributed by atoms with Crippen LogP contribution in [0.5, 0.6) is 0 Å². The SMILES string of the molecule is O=C(CCOCC(COCCC(=O)NCCOCCOCCOCCNC(=O)OCC1[C@H]2CCC#CCC[C@@H]12)NC(=O)CCCC(=O)ON1C(=O)CCC1=O)NCCOCCOCCOCCNC(=O)OCC1[C@H]2CCC#CCC[C@@H]12. The summed E-state index contributed by atoms with van der Waals surface area (Å²) in [4.78, 5) is 102. The summed E-state index contributed by atoms with van der Waals surface area (Å²) in [5.41, 5.74) is 0. The largest absolute Gasteiger partial charge is 0.449 e. The van der Waals surface area contributed by atoms with Crippen molar-refractivity contribution < 1.29 is 90.6 Å². The highest BCUT2D eigenvalue weighted by Crippen LogP contribution is 2.53. The van der Waals surface area contributed by atoms with Crippen molar-refractivity contribution in [3.05, 3.63) is 0 Å². The first-order chi connectivity index (χ1) is 39.6. The van der Waals surface area contributed by atoms with Crippen molar-refractivity contribution in [2.45, 2.75) is 102 Å². The van der Waals surface area contributed by atoms with Crippen LogP contribution in [0.4, 0.5) is 9.59 Å². The van der Waals surface area contributed by atoms with Crippen LogP contribution in [0.3, 0.4) is 0 Å². The van der Waals surface area contributed by atoms with Crippen LogP contribution in [0.15, 0.2) is 0 Å². The minimum atomic E-state index is -0.821. The quantitative estimate of drug-likeness (QED) is 0.0330. The molecule has 0 spiro atoms. The highest BCUT2D eigenvalue weighted by Gasteiger charge is 2.50. The van der Waals surface area contributed by atoms with E-state index >= 15 is 0 Å². The Morgan fingerprint density at radius 3 is 1.21 bits per heavy atom. The Kier molecular flexibility index (Phi) is 33.1. The molecule has 6 atom stereocenters. The molecule has 5 aliphatic rings. The molecular formula is C56H86N6O19. The molecule has 5 rings (SSSR count). The van der Waals surface area contributed by atoms with Crippen LogP contribution >= 0.6 is 0 Å². The molecule has 25 heteroatoms. The summed E-state index contributed by atoms with van der Waals surface area (Å²) in [7, 11) is 0. The number of carbonyl (C=O) groups excluding carboxylic acids is 8. The zero-order chi connectivity index (χ0) is 57.5. The molecule has 4 aliphatic carbocycles. The second-order valence-electron chi connectivity index (χ2n) is 20.1. The molecule has 7 amide bonds. The first kappa shape index (κ1) is 66.2. The zero-order valence-electron chi connectivity index (χ0n) is 46.9. The Hall–Kier alpha value is -5.64. The molecule has 0 aromatic carbocycles. The topological polar surface area (TPSA) is 301 Å². The number of alkyl carbamates (subject to hydrolysis) is 2. The molecule has 454 valence electrons. The van der Waals surface area contributed by atoms with Gasteiger partial charge in [-0.25, -0.2) is 14.4 Å². The van der Waals surface area contributed by atoms with Crippen LogP contribution in [0.2, 0.25) is 0 Å². The Labute approximate surface area is 475 Å². The molecule has 81 heavy (non-hydrogen) atoms. The smallest absolute Gasteiger partial charge is 0.407 e. The molecule has 2 saturated carbocycles. The van der Waals surface area contributed by atoms with E-state index in [1.54, 1.807) is 0 Å². The first-order valence-corrected chi connectivity index (χ1v) is 28.8. The van der Waals surface area contributed by atoms with Gasteiger partial charge in [0.25, 0.3) is 11.8 Å². The Morgan fingerprint density at radius 1 is 0.444 bits per heavy atom. The summed E-state index contributed by atoms with van der Waals surface area (Å²) in [6.45, 7) is 6.04. The predicted molar refractivity (Wildman–Crippen MR) is 287 cm³/mol. The summed E-state index contributed by atoms with van der Waals surface area (Å²) in [5, 5.41) is 14.2. The molecule has 1 saturated heterocycles. The van der Waals surface area contributed by atoms with Crippen molar-refractivity contribution in [3.63, 3.8) is 0 Å². The number of hydrogen-bond acceptors (Lipinski definition) is 19. The number of nitrogens with one attached hydrogen (secondary N) is 5. The second kappa shape index (κ2) is 40.5. The summed E-state index contributed by atoms with van der Waals surface area (Å²) < 4.78 is 55.3. The average Bonchev–Trinajstić information content (AvgIpc) is 4.44. The Bertz CT molecular complexity index is 1920. The fraction of sp³-hybridized carbons (Fsp3) is 0.786. The van der Waals surface area contributed by atoms with Crippen LogP contribution in [0, 0.1) is 59.2 Å². The number of nitrogens with zero attached hydrogens (tertiary/aromatic N) is 1. The number of rotatable bonds is 44. The van der Waals surface area contributed by atoms with E-state index in [1.165, 1.54) is 0 Å². The van der Waals surface area contributed by atoms with E-state index in [2.05, 4.69) is 50.3 Å². The monoisotopic (exact) mass is 1150 g/mol. The number of ether oxygens (including phenoxy) is 10. The van der Waals surface area contributed by atoms with E-state index in [1.807, 2.05) is 0 Å². The number of carbonyl (C=O) groups is 8. The van der Waals surface area contributed by atoms with E-state index in [0.29, 0.717) is 133 Å². The summed E-state index contributed by atoms with van der Waals surface area (Å²) >= 11 is 0. The summed E-state index contributed by atoms with van der Waals surface area (Å²) in [6.07, 6.45) is 6.94. The molecule has 3 fully saturated rings. The first-order valence-electron chi connectivity index (χ1n) is 28.8. The van der Waals surface area contributed by atoms with E-state index in [0.717, 1.165) is 51.4 Å². The highest BCUT2D eigenvalue weighted by molar-refractivity contribution is 6.01. The second-order valence-corrected chi connectivity index (χ2v) is 20.1. The molecule has 2 unspecified atom stereocenters. The van der Waals surface area contributed by atoms with E-state index in [4.69, 9.17) is 52.2 Å². The van der Waals surface area contributed by atoms with Gasteiger partial charge in [0.1, 0.15) is 0 Å². The van der Waals surface area contributed by atoms with Crippen molar-refractivity contribution in [2.24, 2.45) is 35.5 Å². The van der Waals surface area contributed by atoms with Gasteiger partial charge in [0.2, 0.25) is 17.7 Å². The Balaban J connectivity index is 0.811. The maximum atomic E-state index is 12.8. The van der Waals surface area contributed by atoms with Crippen molar-refractivity contribution in [3.8, 4) is 23.7 Å². The third kappa shape index (κ3) is 29.3. The number of hydrogen-bond donors (Lipinski definition) is 5. The van der Waals surface area contributed by atoms with Gasteiger partial charge in [0.15, 0.2) is 0 Å². The molecular weight excluding hydrogens is 1060 g/mol. The Morgan fingerprint density at radius 2 is 0.815 bits per heavy atom. The van der Waals surface area contributed by atoms with Crippen LogP contribution in [0.1, 0.15) is 96.3 Å². The molecule has 5 N–H and O–H groups in total. The number of hydroxylamine groups is 2. The third-order valence-corrected chi connectivity index (χ3v) is 14.1. The van der Waals surface area contributed by atoms with E-state index in [9.17, 15) is 38.4 Å². The summed E-state index contributed by atoms with van der Waals surface area (Å²) in [5.74, 6) is 13.1. The number of fused-ring (bicyclic) bond motifs is 2. The van der Waals surface area contributed by atoms with Crippen molar-refractivity contribution in [2.75, 3.05) is 145 Å². The fourth-order valence-electron chi connectivity index (χ4n) is 9.66. The van der Waals surface area contributed by atoms with Gasteiger partial charge in [-0.2, -0.15) is 0 Å². The molecule has 1 aliphatic heterocycles. The third-order valence-electron chi connectivity index (χ3n) is 14.1. The van der Waals surface area contributed by atoms with Gasteiger partial charge in [0.05, 0.1) is 125 Å². The molecule has 0 radical (unpaired) electrons. The maximum Gasteiger partial charge on any atom is 0.407 e. The highest BCUT2D eigenvalue weighted by atomic mass is 16.7. The molecule has 25 nitrogen and oxygen atoms in total. The van der Waals surface area contributed by atoms with Gasteiger partial charge in [-0.3, -0.25) is 24.0 Å². The van der Waals surface area contributed by atoms with Crippen LogP contribution in [-0.2, 0) is 81.0 Å². The fourth-order valence-corrected chi connectivity index (χ4v) is 9.66. The zero-order valence-corrected chi connectivity index (χ0v) is 46.9. The minimum Gasteiger partial charge on any atom is -0.449 e. The maximum absolute atomic E-state index is 12.8. The lowest BCUT2D eigenvalue weighted by Gasteiger charge is -2.19. The van der Waals surface area contributed by atoms with Gasteiger partial charge in [0, 0.05) is 90.4 Å². The summed E-state index contributed by atoms with van der Waals surface area (Å²) in [6, 6.07) is -0.667. The van der Waals surface area contributed by atoms with Gasteiger partial charge in [-0.05, 0) is 67.6 Å². The van der Waals surface area contributed by atoms with Gasteiger partial charge in [-0.15, -0.1) is 28.7 Å². The lowest BCUT2D eigenvalue weighted by molar-refractivity contribution is -0.197. The molecule has 0 aromatic heterocycles. The predicted octanol–water partition coefficient (Wildman–Crippen LogP) is 1.73. The van der Waals surface area contributed by atoms with Crippen molar-refractivity contribution in [1.29, 1.82) is 0 Å².